The summed E-state index contributed by atoms with van der Waals surface area (Å²) >= 11 is 6.17. The Morgan fingerprint density at radius 1 is 1.08 bits per heavy atom. The number of guanidine groups is 1. The van der Waals surface area contributed by atoms with E-state index >= 15 is 0 Å². The van der Waals surface area contributed by atoms with Crippen LogP contribution < -0.4 is 10.6 Å². The lowest BCUT2D eigenvalue weighted by atomic mass is 10.1. The molecule has 0 fully saturated rings. The van der Waals surface area contributed by atoms with Crippen molar-refractivity contribution in [1.82, 2.24) is 15.6 Å². The van der Waals surface area contributed by atoms with E-state index in [1.807, 2.05) is 48.5 Å². The first-order chi connectivity index (χ1) is 12.7. The van der Waals surface area contributed by atoms with Crippen LogP contribution >= 0.6 is 11.6 Å². The van der Waals surface area contributed by atoms with Crippen LogP contribution in [0.25, 0.3) is 11.5 Å². The number of halogens is 1. The summed E-state index contributed by atoms with van der Waals surface area (Å²) in [4.78, 5) is 8.73. The molecule has 2 aromatic carbocycles. The van der Waals surface area contributed by atoms with Crippen LogP contribution in [-0.2, 0) is 13.1 Å². The van der Waals surface area contributed by atoms with Gasteiger partial charge >= 0.3 is 0 Å². The molecule has 3 rings (SSSR count). The number of nitrogens with zero attached hydrogens (tertiary/aromatic N) is 2. The molecule has 0 aliphatic carbocycles. The predicted molar refractivity (Wildman–Crippen MR) is 105 cm³/mol. The molecule has 0 aliphatic rings. The van der Waals surface area contributed by atoms with Crippen LogP contribution in [-0.4, -0.2) is 18.0 Å². The van der Waals surface area contributed by atoms with E-state index < -0.39 is 0 Å². The SMILES string of the molecule is CN=C(NCc1coc(-c2ccc(C)cc2)n1)NCc1ccccc1Cl. The van der Waals surface area contributed by atoms with Crippen LogP contribution in [0.1, 0.15) is 16.8 Å². The van der Waals surface area contributed by atoms with E-state index in [0.29, 0.717) is 24.9 Å². The van der Waals surface area contributed by atoms with Gasteiger partial charge in [-0.25, -0.2) is 4.98 Å². The fourth-order valence-corrected chi connectivity index (χ4v) is 2.64. The summed E-state index contributed by atoms with van der Waals surface area (Å²) in [6, 6.07) is 15.8. The van der Waals surface area contributed by atoms with E-state index in [2.05, 4.69) is 27.5 Å². The van der Waals surface area contributed by atoms with Gasteiger partial charge in [0, 0.05) is 24.2 Å². The zero-order valence-electron chi connectivity index (χ0n) is 14.8. The Kier molecular flexibility index (Phi) is 5.92. The lowest BCUT2D eigenvalue weighted by molar-refractivity contribution is 0.572. The summed E-state index contributed by atoms with van der Waals surface area (Å²) in [7, 11) is 1.72. The number of hydrogen-bond acceptors (Lipinski definition) is 3. The summed E-state index contributed by atoms with van der Waals surface area (Å²) in [6.07, 6.45) is 1.66. The number of oxazole rings is 1. The molecule has 2 N–H and O–H groups in total. The molecule has 26 heavy (non-hydrogen) atoms. The van der Waals surface area contributed by atoms with Crippen molar-refractivity contribution in [3.63, 3.8) is 0 Å². The van der Waals surface area contributed by atoms with Crippen molar-refractivity contribution in [2.75, 3.05) is 7.05 Å². The zero-order chi connectivity index (χ0) is 18.4. The minimum absolute atomic E-state index is 0.511. The van der Waals surface area contributed by atoms with Gasteiger partial charge in [0.2, 0.25) is 5.89 Å². The Morgan fingerprint density at radius 2 is 1.81 bits per heavy atom. The Bertz CT molecular complexity index is 887. The van der Waals surface area contributed by atoms with Crippen LogP contribution in [0, 0.1) is 6.92 Å². The summed E-state index contributed by atoms with van der Waals surface area (Å²) < 4.78 is 5.57. The molecule has 5 nitrogen and oxygen atoms in total. The topological polar surface area (TPSA) is 62.5 Å². The molecule has 1 aromatic heterocycles. The highest BCUT2D eigenvalue weighted by atomic mass is 35.5. The second-order valence-electron chi connectivity index (χ2n) is 5.88. The van der Waals surface area contributed by atoms with Gasteiger partial charge < -0.3 is 15.1 Å². The average Bonchev–Trinajstić information content (AvgIpc) is 3.13. The molecule has 1 heterocycles. The molecule has 0 spiro atoms. The van der Waals surface area contributed by atoms with Crippen molar-refractivity contribution in [3.05, 3.63) is 76.6 Å². The van der Waals surface area contributed by atoms with Gasteiger partial charge in [-0.3, -0.25) is 4.99 Å². The van der Waals surface area contributed by atoms with Gasteiger partial charge in [0.05, 0.1) is 12.2 Å². The quantitative estimate of drug-likeness (QED) is 0.524. The second-order valence-corrected chi connectivity index (χ2v) is 6.29. The molecule has 134 valence electrons. The van der Waals surface area contributed by atoms with E-state index in [-0.39, 0.29) is 0 Å². The van der Waals surface area contributed by atoms with Gasteiger partial charge in [-0.2, -0.15) is 0 Å². The zero-order valence-corrected chi connectivity index (χ0v) is 15.5. The number of aliphatic imine (C=N–C) groups is 1. The van der Waals surface area contributed by atoms with Gasteiger partial charge in [-0.1, -0.05) is 47.5 Å². The van der Waals surface area contributed by atoms with Gasteiger partial charge in [-0.05, 0) is 30.7 Å². The molecule has 6 heteroatoms. The number of aromatic nitrogens is 1. The third kappa shape index (κ3) is 4.64. The number of rotatable bonds is 5. The molecule has 0 saturated heterocycles. The Balaban J connectivity index is 1.56. The molecule has 0 radical (unpaired) electrons. The minimum Gasteiger partial charge on any atom is -0.444 e. The molecule has 0 atom stereocenters. The summed E-state index contributed by atoms with van der Waals surface area (Å²) in [5, 5.41) is 7.19. The fraction of sp³-hybridized carbons (Fsp3) is 0.200. The minimum atomic E-state index is 0.511. The van der Waals surface area contributed by atoms with Crippen LogP contribution in [0.4, 0.5) is 0 Å². The standard InChI is InChI=1S/C20H21ClN4O/c1-14-7-9-15(10-8-14)19-25-17(13-26-19)12-24-20(22-2)23-11-16-5-3-4-6-18(16)21/h3-10,13H,11-12H2,1-2H3,(H2,22,23,24). The van der Waals surface area contributed by atoms with Gasteiger partial charge in [0.15, 0.2) is 5.96 Å². The first-order valence-corrected chi connectivity index (χ1v) is 8.73. The summed E-state index contributed by atoms with van der Waals surface area (Å²) in [5.41, 5.74) is 3.99. The normalized spacial score (nSPS) is 11.4. The maximum atomic E-state index is 6.17. The molecular weight excluding hydrogens is 348 g/mol. The molecule has 0 bridgehead atoms. The van der Waals surface area contributed by atoms with E-state index in [1.54, 1.807) is 13.3 Å². The predicted octanol–water partition coefficient (Wildman–Crippen LogP) is 4.17. The molecule has 3 aromatic rings. The van der Waals surface area contributed by atoms with E-state index in [0.717, 1.165) is 21.8 Å². The Morgan fingerprint density at radius 3 is 2.54 bits per heavy atom. The van der Waals surface area contributed by atoms with Crippen molar-refractivity contribution in [3.8, 4) is 11.5 Å². The second kappa shape index (κ2) is 8.54. The fourth-order valence-electron chi connectivity index (χ4n) is 2.43. The molecule has 0 aliphatic heterocycles. The monoisotopic (exact) mass is 368 g/mol. The van der Waals surface area contributed by atoms with Crippen molar-refractivity contribution >= 4 is 17.6 Å². The maximum absolute atomic E-state index is 6.17. The number of nitrogens with one attached hydrogen (secondary N) is 2. The molecule has 0 amide bonds. The van der Waals surface area contributed by atoms with Gasteiger partial charge in [0.25, 0.3) is 0 Å². The van der Waals surface area contributed by atoms with E-state index in [4.69, 9.17) is 16.0 Å². The van der Waals surface area contributed by atoms with Crippen molar-refractivity contribution in [2.45, 2.75) is 20.0 Å². The lowest BCUT2D eigenvalue weighted by Crippen LogP contribution is -2.36. The molecule has 0 saturated carbocycles. The van der Waals surface area contributed by atoms with Crippen molar-refractivity contribution < 1.29 is 4.42 Å². The Labute approximate surface area is 158 Å². The average molecular weight is 369 g/mol. The summed E-state index contributed by atoms with van der Waals surface area (Å²) in [6.45, 7) is 3.15. The highest BCUT2D eigenvalue weighted by Crippen LogP contribution is 2.19. The molecule has 0 unspecified atom stereocenters. The highest BCUT2D eigenvalue weighted by molar-refractivity contribution is 6.31. The van der Waals surface area contributed by atoms with Crippen molar-refractivity contribution in [2.24, 2.45) is 4.99 Å². The van der Waals surface area contributed by atoms with Crippen LogP contribution in [0.2, 0.25) is 5.02 Å². The highest BCUT2D eigenvalue weighted by Gasteiger charge is 2.07. The first kappa shape index (κ1) is 18.0. The van der Waals surface area contributed by atoms with Crippen molar-refractivity contribution in [1.29, 1.82) is 0 Å². The first-order valence-electron chi connectivity index (χ1n) is 8.35. The number of benzene rings is 2. The van der Waals surface area contributed by atoms with Gasteiger partial charge in [-0.15, -0.1) is 0 Å². The smallest absolute Gasteiger partial charge is 0.226 e. The van der Waals surface area contributed by atoms with Crippen LogP contribution in [0.3, 0.4) is 0 Å². The van der Waals surface area contributed by atoms with Crippen LogP contribution in [0.5, 0.6) is 0 Å². The lowest BCUT2D eigenvalue weighted by Gasteiger charge is -2.11. The molecular formula is C20H21ClN4O. The third-order valence-electron chi connectivity index (χ3n) is 3.91. The van der Waals surface area contributed by atoms with Gasteiger partial charge in [0.1, 0.15) is 6.26 Å². The Hall–Kier alpha value is -2.79. The number of hydrogen-bond donors (Lipinski definition) is 2. The third-order valence-corrected chi connectivity index (χ3v) is 4.28. The van der Waals surface area contributed by atoms with Crippen LogP contribution in [0.15, 0.2) is 64.2 Å². The number of aryl methyl sites for hydroxylation is 1. The van der Waals surface area contributed by atoms with E-state index in [1.165, 1.54) is 5.56 Å². The van der Waals surface area contributed by atoms with E-state index in [9.17, 15) is 0 Å². The maximum Gasteiger partial charge on any atom is 0.226 e. The summed E-state index contributed by atoms with van der Waals surface area (Å²) in [5.74, 6) is 1.28. The largest absolute Gasteiger partial charge is 0.444 e.